The molecule has 0 spiro atoms. The summed E-state index contributed by atoms with van der Waals surface area (Å²) in [5.74, 6) is 2.94. The number of aryl methyl sites for hydroxylation is 2. The van der Waals surface area contributed by atoms with E-state index >= 15 is 0 Å². The Balaban J connectivity index is 1.26. The second-order valence-corrected chi connectivity index (χ2v) is 7.52. The van der Waals surface area contributed by atoms with E-state index in [1.54, 1.807) is 4.90 Å². The maximum absolute atomic E-state index is 5.89. The molecule has 0 unspecified atom stereocenters. The number of aromatic nitrogens is 2. The Hall–Kier alpha value is -2.70. The first kappa shape index (κ1) is 18.7. The number of furan rings is 1. The molecule has 1 fully saturated rings. The van der Waals surface area contributed by atoms with E-state index in [2.05, 4.69) is 46.6 Å². The highest BCUT2D eigenvalue weighted by atomic mass is 16.4. The fourth-order valence-electron chi connectivity index (χ4n) is 3.75. The quantitative estimate of drug-likeness (QED) is 0.668. The number of quaternary nitrogens is 2. The van der Waals surface area contributed by atoms with Gasteiger partial charge in [0.25, 0.3) is 11.8 Å². The Morgan fingerprint density at radius 1 is 0.964 bits per heavy atom. The lowest BCUT2D eigenvalue weighted by molar-refractivity contribution is -1.02. The smallest absolute Gasteiger partial charge is 0.271 e. The van der Waals surface area contributed by atoms with E-state index < -0.39 is 0 Å². The molecule has 1 saturated heterocycles. The lowest BCUT2D eigenvalue weighted by atomic mass is 10.2. The highest BCUT2D eigenvalue weighted by Gasteiger charge is 2.24. The Bertz CT molecular complexity index is 921. The predicted octanol–water partition coefficient (Wildman–Crippen LogP) is 0.943. The van der Waals surface area contributed by atoms with Crippen LogP contribution in [0, 0.1) is 13.8 Å². The van der Waals surface area contributed by atoms with Gasteiger partial charge in [-0.2, -0.15) is 0 Å². The normalized spacial score (nSPS) is 20.1. The van der Waals surface area contributed by atoms with Crippen LogP contribution in [0.1, 0.15) is 23.0 Å². The van der Waals surface area contributed by atoms with Crippen LogP contribution in [0.2, 0.25) is 0 Å². The lowest BCUT2D eigenvalue weighted by Gasteiger charge is -2.28. The van der Waals surface area contributed by atoms with Gasteiger partial charge in [-0.05, 0) is 31.6 Å². The Morgan fingerprint density at radius 2 is 1.71 bits per heavy atom. The number of hydrogen-bond donors (Lipinski definition) is 2. The van der Waals surface area contributed by atoms with Crippen molar-refractivity contribution in [3.63, 3.8) is 0 Å². The Morgan fingerprint density at radius 3 is 2.43 bits per heavy atom. The molecule has 1 aliphatic rings. The van der Waals surface area contributed by atoms with Gasteiger partial charge in [0.1, 0.15) is 37.7 Å². The Kier molecular flexibility index (Phi) is 5.69. The third-order valence-electron chi connectivity index (χ3n) is 5.32. The van der Waals surface area contributed by atoms with Crippen LogP contribution in [-0.4, -0.2) is 42.9 Å². The lowest BCUT2D eigenvalue weighted by Crippen LogP contribution is -3.27. The van der Waals surface area contributed by atoms with Gasteiger partial charge in [0, 0.05) is 0 Å². The van der Waals surface area contributed by atoms with Gasteiger partial charge < -0.3 is 18.6 Å². The second kappa shape index (κ2) is 8.54. The average molecular weight is 380 g/mol. The molecule has 28 heavy (non-hydrogen) atoms. The van der Waals surface area contributed by atoms with Gasteiger partial charge >= 0.3 is 0 Å². The molecule has 0 saturated carbocycles. The molecule has 0 aliphatic carbocycles. The molecule has 6 heteroatoms. The van der Waals surface area contributed by atoms with Crippen LogP contribution in [0.3, 0.4) is 0 Å². The summed E-state index contributed by atoms with van der Waals surface area (Å²) in [6, 6.07) is 12.4. The van der Waals surface area contributed by atoms with Gasteiger partial charge in [0.15, 0.2) is 6.54 Å². The SMILES string of the molecule is Cc1cc(-c2nnc(C[NH+]3CC[NH+](C/C=C/c4ccccc4)CC3)o2)c(C)o1. The van der Waals surface area contributed by atoms with Crippen LogP contribution in [0.25, 0.3) is 17.5 Å². The number of piperazine rings is 1. The molecule has 6 nitrogen and oxygen atoms in total. The summed E-state index contributed by atoms with van der Waals surface area (Å²) in [4.78, 5) is 3.14. The molecule has 0 bridgehead atoms. The van der Waals surface area contributed by atoms with E-state index in [4.69, 9.17) is 8.83 Å². The number of nitrogens with one attached hydrogen (secondary N) is 2. The Labute approximate surface area is 165 Å². The first-order valence-electron chi connectivity index (χ1n) is 9.96. The molecule has 146 valence electrons. The summed E-state index contributed by atoms with van der Waals surface area (Å²) in [6.07, 6.45) is 4.50. The van der Waals surface area contributed by atoms with Crippen molar-refractivity contribution in [2.75, 3.05) is 32.7 Å². The van der Waals surface area contributed by atoms with Crippen molar-refractivity contribution >= 4 is 6.08 Å². The molecule has 0 amide bonds. The van der Waals surface area contributed by atoms with E-state index in [9.17, 15) is 0 Å². The van der Waals surface area contributed by atoms with Crippen molar-refractivity contribution in [1.29, 1.82) is 0 Å². The minimum atomic E-state index is 0.555. The second-order valence-electron chi connectivity index (χ2n) is 7.52. The summed E-state index contributed by atoms with van der Waals surface area (Å²) < 4.78 is 11.4. The van der Waals surface area contributed by atoms with Gasteiger partial charge in [-0.15, -0.1) is 10.2 Å². The van der Waals surface area contributed by atoms with E-state index in [-0.39, 0.29) is 0 Å². The molecule has 1 aliphatic heterocycles. The summed E-state index contributed by atoms with van der Waals surface area (Å²) in [7, 11) is 0. The molecular weight excluding hydrogens is 352 g/mol. The van der Waals surface area contributed by atoms with Crippen LogP contribution >= 0.6 is 0 Å². The molecule has 1 aromatic carbocycles. The van der Waals surface area contributed by atoms with Crippen LogP contribution in [0.15, 0.2) is 51.3 Å². The van der Waals surface area contributed by atoms with Crippen molar-refractivity contribution in [2.24, 2.45) is 0 Å². The third kappa shape index (κ3) is 4.58. The molecule has 2 aromatic heterocycles. The predicted molar refractivity (Wildman–Crippen MR) is 107 cm³/mol. The molecule has 3 aromatic rings. The maximum Gasteiger partial charge on any atom is 0.271 e. The third-order valence-corrected chi connectivity index (χ3v) is 5.32. The number of benzene rings is 1. The fraction of sp³-hybridized carbons (Fsp3) is 0.364. The molecule has 4 rings (SSSR count). The van der Waals surface area contributed by atoms with E-state index in [1.165, 1.54) is 10.5 Å². The minimum absolute atomic E-state index is 0.555. The zero-order valence-electron chi connectivity index (χ0n) is 16.6. The average Bonchev–Trinajstić information content (AvgIpc) is 3.29. The van der Waals surface area contributed by atoms with Gasteiger partial charge in [0.2, 0.25) is 0 Å². The van der Waals surface area contributed by atoms with Crippen LogP contribution in [0.5, 0.6) is 0 Å². The highest BCUT2D eigenvalue weighted by molar-refractivity contribution is 5.55. The zero-order valence-corrected chi connectivity index (χ0v) is 16.6. The number of nitrogens with zero attached hydrogens (tertiary/aromatic N) is 2. The van der Waals surface area contributed by atoms with Crippen LogP contribution in [-0.2, 0) is 6.54 Å². The van der Waals surface area contributed by atoms with Gasteiger partial charge in [0.05, 0.1) is 12.1 Å². The summed E-state index contributed by atoms with van der Waals surface area (Å²) in [5, 5.41) is 8.45. The van der Waals surface area contributed by atoms with Crippen molar-refractivity contribution in [2.45, 2.75) is 20.4 Å². The number of hydrogen-bond acceptors (Lipinski definition) is 4. The van der Waals surface area contributed by atoms with E-state index in [0.717, 1.165) is 56.4 Å². The molecule has 0 radical (unpaired) electrons. The highest BCUT2D eigenvalue weighted by Crippen LogP contribution is 2.25. The fourth-order valence-corrected chi connectivity index (χ4v) is 3.75. The largest absolute Gasteiger partial charge is 0.466 e. The molecule has 2 N–H and O–H groups in total. The molecular formula is C22H28N4O2+2. The van der Waals surface area contributed by atoms with Crippen LogP contribution in [0.4, 0.5) is 0 Å². The van der Waals surface area contributed by atoms with E-state index in [1.807, 2.05) is 26.0 Å². The molecule has 0 atom stereocenters. The van der Waals surface area contributed by atoms with Crippen LogP contribution < -0.4 is 9.80 Å². The first-order valence-corrected chi connectivity index (χ1v) is 9.96. The van der Waals surface area contributed by atoms with Crippen molar-refractivity contribution in [3.05, 3.63) is 65.4 Å². The van der Waals surface area contributed by atoms with Crippen molar-refractivity contribution in [3.8, 4) is 11.5 Å². The first-order chi connectivity index (χ1) is 13.7. The topological polar surface area (TPSA) is 60.9 Å². The standard InChI is InChI=1S/C22H26N4O2/c1-17-15-20(18(2)27-17)22-24-23-21(28-22)16-26-13-11-25(12-14-26)10-6-9-19-7-4-3-5-8-19/h3-9,15H,10-14,16H2,1-2H3/p+2/b9-6+. The zero-order chi connectivity index (χ0) is 19.3. The summed E-state index contributed by atoms with van der Waals surface area (Å²) in [5.41, 5.74) is 2.16. The molecule has 3 heterocycles. The van der Waals surface area contributed by atoms with Gasteiger partial charge in [-0.1, -0.05) is 36.4 Å². The van der Waals surface area contributed by atoms with Gasteiger partial charge in [-0.3, -0.25) is 0 Å². The minimum Gasteiger partial charge on any atom is -0.466 e. The van der Waals surface area contributed by atoms with Gasteiger partial charge in [-0.25, -0.2) is 0 Å². The maximum atomic E-state index is 5.89. The summed E-state index contributed by atoms with van der Waals surface area (Å²) in [6.45, 7) is 10.3. The number of rotatable bonds is 6. The van der Waals surface area contributed by atoms with E-state index in [0.29, 0.717) is 11.8 Å². The van der Waals surface area contributed by atoms with Crippen molar-refractivity contribution < 1.29 is 18.6 Å². The monoisotopic (exact) mass is 380 g/mol. The summed E-state index contributed by atoms with van der Waals surface area (Å²) >= 11 is 0. The van der Waals surface area contributed by atoms with Crippen molar-refractivity contribution in [1.82, 2.24) is 10.2 Å².